The lowest BCUT2D eigenvalue weighted by molar-refractivity contribution is -0.122. The van der Waals surface area contributed by atoms with E-state index in [0.717, 1.165) is 6.42 Å². The molecule has 2 rings (SSSR count). The highest BCUT2D eigenvalue weighted by Crippen LogP contribution is 2.30. The molecule has 0 aromatic heterocycles. The predicted octanol–water partition coefficient (Wildman–Crippen LogP) is 0.0298. The van der Waals surface area contributed by atoms with Crippen molar-refractivity contribution in [1.82, 2.24) is 10.6 Å². The number of nitrogens with two attached hydrogens (primary N) is 1. The zero-order chi connectivity index (χ0) is 14.6. The maximum Gasteiger partial charge on any atom is 0.251 e. The molecule has 1 fully saturated rings. The lowest BCUT2D eigenvalue weighted by Gasteiger charge is -2.36. The van der Waals surface area contributed by atoms with Crippen LogP contribution in [0.5, 0.6) is 0 Å². The first-order chi connectivity index (χ1) is 9.48. The molecule has 0 spiro atoms. The van der Waals surface area contributed by atoms with Gasteiger partial charge >= 0.3 is 0 Å². The summed E-state index contributed by atoms with van der Waals surface area (Å²) in [6, 6.07) is 6.45. The van der Waals surface area contributed by atoms with Crippen molar-refractivity contribution in [1.29, 1.82) is 0 Å². The molecule has 20 heavy (non-hydrogen) atoms. The van der Waals surface area contributed by atoms with E-state index >= 15 is 0 Å². The largest absolute Gasteiger partial charge is 0.399 e. The highest BCUT2D eigenvalue weighted by atomic mass is 16.3. The Kier molecular flexibility index (Phi) is 4.24. The van der Waals surface area contributed by atoms with E-state index in [1.54, 1.807) is 24.3 Å². The molecule has 0 saturated heterocycles. The lowest BCUT2D eigenvalue weighted by Crippen LogP contribution is -2.49. The number of carbonyl (C=O) groups excluding carboxylic acids is 2. The fraction of sp³-hybridized carbons (Fsp3) is 0.429. The van der Waals surface area contributed by atoms with Crippen LogP contribution in [0.4, 0.5) is 5.69 Å². The Morgan fingerprint density at radius 1 is 1.20 bits per heavy atom. The van der Waals surface area contributed by atoms with E-state index in [-0.39, 0.29) is 24.9 Å². The van der Waals surface area contributed by atoms with E-state index in [1.807, 2.05) is 0 Å². The van der Waals surface area contributed by atoms with Crippen molar-refractivity contribution in [3.63, 3.8) is 0 Å². The summed E-state index contributed by atoms with van der Waals surface area (Å²) in [5, 5.41) is 15.0. The van der Waals surface area contributed by atoms with Gasteiger partial charge in [0.1, 0.15) is 0 Å². The number of amides is 2. The van der Waals surface area contributed by atoms with Gasteiger partial charge in [0, 0.05) is 17.8 Å². The molecular formula is C14H19N3O3. The Hall–Kier alpha value is -2.08. The molecule has 1 aliphatic rings. The number of hydrogen-bond donors (Lipinski definition) is 4. The van der Waals surface area contributed by atoms with Crippen LogP contribution in [0.1, 0.15) is 29.6 Å². The summed E-state index contributed by atoms with van der Waals surface area (Å²) in [6.07, 6.45) is 2.41. The highest BCUT2D eigenvalue weighted by Gasteiger charge is 2.34. The second kappa shape index (κ2) is 5.92. The van der Waals surface area contributed by atoms with E-state index in [9.17, 15) is 14.7 Å². The zero-order valence-corrected chi connectivity index (χ0v) is 11.2. The molecule has 0 heterocycles. The Labute approximate surface area is 117 Å². The first-order valence-corrected chi connectivity index (χ1v) is 6.61. The molecule has 0 atom stereocenters. The second-order valence-corrected chi connectivity index (χ2v) is 5.16. The van der Waals surface area contributed by atoms with Gasteiger partial charge in [0.25, 0.3) is 5.91 Å². The SMILES string of the molecule is Nc1ccc(C(=O)NCC(=O)NCC2(O)CCC2)cc1. The summed E-state index contributed by atoms with van der Waals surface area (Å²) in [6.45, 7) is 0.128. The number of carbonyl (C=O) groups is 2. The second-order valence-electron chi connectivity index (χ2n) is 5.16. The Balaban J connectivity index is 1.72. The molecule has 1 saturated carbocycles. The first-order valence-electron chi connectivity index (χ1n) is 6.61. The van der Waals surface area contributed by atoms with E-state index in [0.29, 0.717) is 24.1 Å². The number of rotatable bonds is 5. The molecule has 0 radical (unpaired) electrons. The average molecular weight is 277 g/mol. The quantitative estimate of drug-likeness (QED) is 0.570. The predicted molar refractivity (Wildman–Crippen MR) is 75.0 cm³/mol. The molecule has 5 N–H and O–H groups in total. The van der Waals surface area contributed by atoms with Crippen molar-refractivity contribution < 1.29 is 14.7 Å². The van der Waals surface area contributed by atoms with Gasteiger partial charge in [0.2, 0.25) is 5.91 Å². The molecule has 108 valence electrons. The average Bonchev–Trinajstić information content (AvgIpc) is 2.41. The molecule has 2 amide bonds. The molecule has 6 nitrogen and oxygen atoms in total. The van der Waals surface area contributed by atoms with Crippen molar-refractivity contribution in [2.75, 3.05) is 18.8 Å². The van der Waals surface area contributed by atoms with Crippen LogP contribution in [0.15, 0.2) is 24.3 Å². The topological polar surface area (TPSA) is 104 Å². The number of hydrogen-bond acceptors (Lipinski definition) is 4. The van der Waals surface area contributed by atoms with Gasteiger partial charge in [-0.2, -0.15) is 0 Å². The molecule has 1 aromatic rings. The lowest BCUT2D eigenvalue weighted by atomic mass is 9.80. The van der Waals surface area contributed by atoms with Crippen molar-refractivity contribution >= 4 is 17.5 Å². The molecule has 1 aliphatic carbocycles. The molecule has 0 aliphatic heterocycles. The number of benzene rings is 1. The third-order valence-electron chi connectivity index (χ3n) is 3.48. The van der Waals surface area contributed by atoms with Gasteiger partial charge in [-0.25, -0.2) is 0 Å². The van der Waals surface area contributed by atoms with Crippen molar-refractivity contribution in [3.05, 3.63) is 29.8 Å². The normalized spacial score (nSPS) is 16.1. The molecule has 0 bridgehead atoms. The third-order valence-corrected chi connectivity index (χ3v) is 3.48. The fourth-order valence-electron chi connectivity index (χ4n) is 1.98. The summed E-state index contributed by atoms with van der Waals surface area (Å²) in [4.78, 5) is 23.3. The van der Waals surface area contributed by atoms with Crippen LogP contribution in [0.3, 0.4) is 0 Å². The van der Waals surface area contributed by atoms with E-state index < -0.39 is 5.60 Å². The minimum Gasteiger partial charge on any atom is -0.399 e. The van der Waals surface area contributed by atoms with Crippen LogP contribution < -0.4 is 16.4 Å². The molecule has 0 unspecified atom stereocenters. The number of aliphatic hydroxyl groups is 1. The van der Waals surface area contributed by atoms with Gasteiger partial charge in [-0.15, -0.1) is 0 Å². The van der Waals surface area contributed by atoms with Crippen LogP contribution in [-0.2, 0) is 4.79 Å². The van der Waals surface area contributed by atoms with Crippen molar-refractivity contribution in [2.24, 2.45) is 0 Å². The van der Waals surface area contributed by atoms with Crippen molar-refractivity contribution in [3.8, 4) is 0 Å². The summed E-state index contributed by atoms with van der Waals surface area (Å²) in [7, 11) is 0. The first kappa shape index (κ1) is 14.3. The molecule has 6 heteroatoms. The van der Waals surface area contributed by atoms with Crippen LogP contribution in [-0.4, -0.2) is 35.6 Å². The van der Waals surface area contributed by atoms with Crippen LogP contribution in [0.25, 0.3) is 0 Å². The number of nitrogens with one attached hydrogen (secondary N) is 2. The van der Waals surface area contributed by atoms with Gasteiger partial charge in [0.15, 0.2) is 0 Å². The van der Waals surface area contributed by atoms with Crippen LogP contribution in [0, 0.1) is 0 Å². The van der Waals surface area contributed by atoms with E-state index in [1.165, 1.54) is 0 Å². The van der Waals surface area contributed by atoms with Crippen LogP contribution >= 0.6 is 0 Å². The van der Waals surface area contributed by atoms with Gasteiger partial charge in [0.05, 0.1) is 12.1 Å². The third kappa shape index (κ3) is 3.71. The molecule has 1 aromatic carbocycles. The molecular weight excluding hydrogens is 258 g/mol. The van der Waals surface area contributed by atoms with Crippen molar-refractivity contribution in [2.45, 2.75) is 24.9 Å². The van der Waals surface area contributed by atoms with Gasteiger partial charge < -0.3 is 21.5 Å². The minimum atomic E-state index is -0.753. The summed E-state index contributed by atoms with van der Waals surface area (Å²) >= 11 is 0. The van der Waals surface area contributed by atoms with Gasteiger partial charge in [-0.05, 0) is 43.5 Å². The fourth-order valence-corrected chi connectivity index (χ4v) is 1.98. The number of anilines is 1. The standard InChI is InChI=1S/C14H19N3O3/c15-11-4-2-10(3-5-11)13(19)16-8-12(18)17-9-14(20)6-1-7-14/h2-5,20H,1,6-9,15H2,(H,16,19)(H,17,18). The highest BCUT2D eigenvalue weighted by molar-refractivity contribution is 5.96. The smallest absolute Gasteiger partial charge is 0.251 e. The monoisotopic (exact) mass is 277 g/mol. The summed E-state index contributed by atoms with van der Waals surface area (Å²) in [5.74, 6) is -0.642. The minimum absolute atomic E-state index is 0.112. The number of nitrogen functional groups attached to an aromatic ring is 1. The van der Waals surface area contributed by atoms with Crippen LogP contribution in [0.2, 0.25) is 0 Å². The zero-order valence-electron chi connectivity index (χ0n) is 11.2. The Bertz CT molecular complexity index is 495. The maximum absolute atomic E-state index is 11.7. The van der Waals surface area contributed by atoms with Gasteiger partial charge in [-0.3, -0.25) is 9.59 Å². The van der Waals surface area contributed by atoms with E-state index in [2.05, 4.69) is 10.6 Å². The maximum atomic E-state index is 11.7. The van der Waals surface area contributed by atoms with Gasteiger partial charge in [-0.1, -0.05) is 0 Å². The Morgan fingerprint density at radius 3 is 2.40 bits per heavy atom. The van der Waals surface area contributed by atoms with E-state index in [4.69, 9.17) is 5.73 Å². The summed E-state index contributed by atoms with van der Waals surface area (Å²) < 4.78 is 0. The Morgan fingerprint density at radius 2 is 1.85 bits per heavy atom. The summed E-state index contributed by atoms with van der Waals surface area (Å²) in [5.41, 5.74) is 5.80.